The van der Waals surface area contributed by atoms with Crippen molar-refractivity contribution in [3.63, 3.8) is 0 Å². The third-order valence-corrected chi connectivity index (χ3v) is 3.81. The molecule has 2 heteroatoms. The van der Waals surface area contributed by atoms with Crippen LogP contribution >= 0.6 is 0 Å². The molecule has 0 aliphatic carbocycles. The molecular weight excluding hydrogens is 280 g/mol. The number of aromatic nitrogens is 2. The molecular formula is C21H15N2. The van der Waals surface area contributed by atoms with Gasteiger partial charge in [-0.15, -0.1) is 0 Å². The lowest BCUT2D eigenvalue weighted by Crippen LogP contribution is -1.82. The van der Waals surface area contributed by atoms with E-state index in [0.717, 1.165) is 33.9 Å². The third kappa shape index (κ3) is 2.67. The molecule has 0 spiro atoms. The molecule has 23 heavy (non-hydrogen) atoms. The molecule has 0 aliphatic rings. The van der Waals surface area contributed by atoms with Gasteiger partial charge < -0.3 is 4.98 Å². The number of H-pyrrole nitrogens is 1. The van der Waals surface area contributed by atoms with Gasteiger partial charge in [0.25, 0.3) is 0 Å². The van der Waals surface area contributed by atoms with Gasteiger partial charge in [-0.1, -0.05) is 84.9 Å². The normalized spacial score (nSPS) is 10.6. The van der Waals surface area contributed by atoms with Crippen molar-refractivity contribution in [2.24, 2.45) is 0 Å². The molecule has 4 rings (SSSR count). The van der Waals surface area contributed by atoms with Gasteiger partial charge in [-0.05, 0) is 6.07 Å². The van der Waals surface area contributed by atoms with Crippen LogP contribution in [-0.4, -0.2) is 9.97 Å². The number of nitrogens with one attached hydrogen (secondary N) is 1. The quantitative estimate of drug-likeness (QED) is 0.552. The Hall–Kier alpha value is -3.13. The van der Waals surface area contributed by atoms with Gasteiger partial charge in [-0.2, -0.15) is 0 Å². The van der Waals surface area contributed by atoms with Crippen molar-refractivity contribution in [3.05, 3.63) is 91.0 Å². The van der Waals surface area contributed by atoms with Crippen LogP contribution < -0.4 is 0 Å². The fourth-order valence-corrected chi connectivity index (χ4v) is 2.67. The molecule has 2 nitrogen and oxygen atoms in total. The number of imidazole rings is 1. The Kier molecular flexibility index (Phi) is 3.49. The largest absolute Gasteiger partial charge is 0.337 e. The lowest BCUT2D eigenvalue weighted by Gasteiger charge is -2.02. The summed E-state index contributed by atoms with van der Waals surface area (Å²) < 4.78 is 0. The van der Waals surface area contributed by atoms with E-state index in [2.05, 4.69) is 35.3 Å². The summed E-state index contributed by atoms with van der Waals surface area (Å²) in [5, 5.41) is 0. The molecule has 0 unspecified atom stereocenters. The van der Waals surface area contributed by atoms with E-state index in [1.807, 2.05) is 60.7 Å². The first kappa shape index (κ1) is 13.5. The van der Waals surface area contributed by atoms with Crippen molar-refractivity contribution in [2.45, 2.75) is 0 Å². The second kappa shape index (κ2) is 5.93. The lowest BCUT2D eigenvalue weighted by molar-refractivity contribution is 1.31. The van der Waals surface area contributed by atoms with Gasteiger partial charge in [0, 0.05) is 16.7 Å². The fraction of sp³-hybridized carbons (Fsp3) is 0. The highest BCUT2D eigenvalue weighted by molar-refractivity contribution is 5.81. The molecule has 0 saturated carbocycles. The van der Waals surface area contributed by atoms with E-state index in [-0.39, 0.29) is 0 Å². The molecule has 3 aromatic carbocycles. The predicted molar refractivity (Wildman–Crippen MR) is 93.7 cm³/mol. The van der Waals surface area contributed by atoms with Crippen LogP contribution in [0.15, 0.2) is 84.9 Å². The summed E-state index contributed by atoms with van der Waals surface area (Å²) in [6, 6.07) is 31.5. The van der Waals surface area contributed by atoms with E-state index in [1.165, 1.54) is 0 Å². The number of rotatable bonds is 3. The Morgan fingerprint density at radius 2 is 1.26 bits per heavy atom. The SMILES string of the molecule is [c]1ccc(-c2nc(-c3ccccc3)c(-c3ccccc3)[nH]2)cc1. The Balaban J connectivity index is 1.91. The van der Waals surface area contributed by atoms with Gasteiger partial charge in [-0.25, -0.2) is 4.98 Å². The highest BCUT2D eigenvalue weighted by atomic mass is 14.9. The number of nitrogens with zero attached hydrogens (tertiary/aromatic N) is 1. The third-order valence-electron chi connectivity index (χ3n) is 3.81. The fourth-order valence-electron chi connectivity index (χ4n) is 2.67. The van der Waals surface area contributed by atoms with Crippen LogP contribution in [0.5, 0.6) is 0 Å². The van der Waals surface area contributed by atoms with Crippen LogP contribution in [0, 0.1) is 6.07 Å². The zero-order chi connectivity index (χ0) is 15.5. The standard InChI is InChI=1S/C21H15N2/c1-4-10-16(11-5-1)19-20(17-12-6-2-7-13-17)23-21(22-19)18-14-8-3-9-15-18/h1-2,4-15H,(H,22,23). The zero-order valence-electron chi connectivity index (χ0n) is 12.5. The first-order chi connectivity index (χ1) is 11.4. The zero-order valence-corrected chi connectivity index (χ0v) is 12.5. The molecule has 0 fully saturated rings. The number of benzene rings is 3. The van der Waals surface area contributed by atoms with Gasteiger partial charge >= 0.3 is 0 Å². The van der Waals surface area contributed by atoms with E-state index >= 15 is 0 Å². The monoisotopic (exact) mass is 295 g/mol. The molecule has 0 bridgehead atoms. The molecule has 0 aliphatic heterocycles. The summed E-state index contributed by atoms with van der Waals surface area (Å²) in [5.74, 6) is 0.872. The van der Waals surface area contributed by atoms with Gasteiger partial charge in [0.05, 0.1) is 11.4 Å². The van der Waals surface area contributed by atoms with Crippen molar-refractivity contribution < 1.29 is 0 Å². The van der Waals surface area contributed by atoms with Crippen LogP contribution in [-0.2, 0) is 0 Å². The molecule has 1 radical (unpaired) electrons. The van der Waals surface area contributed by atoms with Crippen molar-refractivity contribution in [1.29, 1.82) is 0 Å². The molecule has 0 saturated heterocycles. The van der Waals surface area contributed by atoms with E-state index in [0.29, 0.717) is 0 Å². The van der Waals surface area contributed by atoms with Crippen LogP contribution in [0.1, 0.15) is 0 Å². The van der Waals surface area contributed by atoms with Crippen molar-refractivity contribution in [2.75, 3.05) is 0 Å². The molecule has 0 atom stereocenters. The average Bonchev–Trinajstić information content (AvgIpc) is 3.09. The summed E-state index contributed by atoms with van der Waals surface area (Å²) in [6.07, 6.45) is 0. The van der Waals surface area contributed by atoms with E-state index in [9.17, 15) is 0 Å². The van der Waals surface area contributed by atoms with Gasteiger partial charge in [0.2, 0.25) is 0 Å². The molecule has 1 heterocycles. The van der Waals surface area contributed by atoms with Crippen LogP contribution in [0.4, 0.5) is 0 Å². The minimum atomic E-state index is 0.872. The van der Waals surface area contributed by atoms with E-state index in [1.54, 1.807) is 0 Å². The first-order valence-electron chi connectivity index (χ1n) is 7.59. The maximum atomic E-state index is 4.86. The molecule has 4 aromatic rings. The minimum absolute atomic E-state index is 0.872. The van der Waals surface area contributed by atoms with Crippen molar-refractivity contribution in [1.82, 2.24) is 9.97 Å². The lowest BCUT2D eigenvalue weighted by atomic mass is 10.1. The number of aromatic amines is 1. The van der Waals surface area contributed by atoms with E-state index < -0.39 is 0 Å². The summed E-state index contributed by atoms with van der Waals surface area (Å²) in [4.78, 5) is 8.35. The molecule has 0 amide bonds. The Morgan fingerprint density at radius 1 is 0.652 bits per heavy atom. The second-order valence-electron chi connectivity index (χ2n) is 5.33. The van der Waals surface area contributed by atoms with Crippen LogP contribution in [0.2, 0.25) is 0 Å². The molecule has 109 valence electrons. The topological polar surface area (TPSA) is 28.7 Å². The summed E-state index contributed by atoms with van der Waals surface area (Å²) in [6.45, 7) is 0. The molecule has 1 N–H and O–H groups in total. The predicted octanol–water partition coefficient (Wildman–Crippen LogP) is 5.21. The summed E-state index contributed by atoms with van der Waals surface area (Å²) >= 11 is 0. The van der Waals surface area contributed by atoms with Crippen molar-refractivity contribution >= 4 is 0 Å². The van der Waals surface area contributed by atoms with Gasteiger partial charge in [0.1, 0.15) is 5.82 Å². The van der Waals surface area contributed by atoms with Crippen molar-refractivity contribution in [3.8, 4) is 33.9 Å². The average molecular weight is 295 g/mol. The van der Waals surface area contributed by atoms with Gasteiger partial charge in [0.15, 0.2) is 0 Å². The highest BCUT2D eigenvalue weighted by Crippen LogP contribution is 2.32. The first-order valence-corrected chi connectivity index (χ1v) is 7.59. The molecule has 1 aromatic heterocycles. The minimum Gasteiger partial charge on any atom is -0.337 e. The number of hydrogen-bond donors (Lipinski definition) is 1. The summed E-state index contributed by atoms with van der Waals surface area (Å²) in [5.41, 5.74) is 5.31. The second-order valence-corrected chi connectivity index (χ2v) is 5.33. The number of hydrogen-bond acceptors (Lipinski definition) is 1. The Morgan fingerprint density at radius 3 is 1.91 bits per heavy atom. The van der Waals surface area contributed by atoms with Crippen LogP contribution in [0.25, 0.3) is 33.9 Å². The van der Waals surface area contributed by atoms with E-state index in [4.69, 9.17) is 4.98 Å². The maximum absolute atomic E-state index is 4.86. The maximum Gasteiger partial charge on any atom is 0.138 e. The Labute approximate surface area is 135 Å². The Bertz CT molecular complexity index is 838. The highest BCUT2D eigenvalue weighted by Gasteiger charge is 2.14. The van der Waals surface area contributed by atoms with Crippen LogP contribution in [0.3, 0.4) is 0 Å². The van der Waals surface area contributed by atoms with Gasteiger partial charge in [-0.3, -0.25) is 0 Å². The smallest absolute Gasteiger partial charge is 0.138 e. The summed E-state index contributed by atoms with van der Waals surface area (Å²) in [7, 11) is 0.